The Labute approximate surface area is 173 Å². The standard InChI is InChI=1S/C22H19ClN4O2/c1-13(2)12-25-22(29)18(11-24)19-16-5-3-4-6-17(16)20(26-19)27-21(28)14-7-9-15(23)10-8-14/h3-10,13H,12H2,1-2H3,(H,25,29)(H,26,27,28)/b19-18-. The van der Waals surface area contributed by atoms with Crippen LogP contribution in [0.3, 0.4) is 0 Å². The van der Waals surface area contributed by atoms with Crippen LogP contribution in [0.4, 0.5) is 0 Å². The van der Waals surface area contributed by atoms with Gasteiger partial charge in [-0.15, -0.1) is 0 Å². The lowest BCUT2D eigenvalue weighted by Gasteiger charge is -2.08. The van der Waals surface area contributed by atoms with Gasteiger partial charge in [-0.3, -0.25) is 9.59 Å². The number of nitrogens with one attached hydrogen (secondary N) is 2. The van der Waals surface area contributed by atoms with Gasteiger partial charge in [-0.2, -0.15) is 5.26 Å². The molecule has 29 heavy (non-hydrogen) atoms. The van der Waals surface area contributed by atoms with E-state index < -0.39 is 5.91 Å². The molecule has 0 atom stereocenters. The summed E-state index contributed by atoms with van der Waals surface area (Å²) in [5.41, 5.74) is 1.84. The summed E-state index contributed by atoms with van der Waals surface area (Å²) in [6, 6.07) is 15.6. The van der Waals surface area contributed by atoms with Crippen molar-refractivity contribution in [2.75, 3.05) is 6.54 Å². The van der Waals surface area contributed by atoms with Crippen LogP contribution >= 0.6 is 11.6 Å². The first-order chi connectivity index (χ1) is 13.9. The molecule has 2 N–H and O–H groups in total. The van der Waals surface area contributed by atoms with Gasteiger partial charge in [-0.1, -0.05) is 49.7 Å². The molecule has 0 saturated carbocycles. The minimum absolute atomic E-state index is 0.0890. The van der Waals surface area contributed by atoms with E-state index in [-0.39, 0.29) is 23.1 Å². The third-order valence-corrected chi connectivity index (χ3v) is 4.50. The summed E-state index contributed by atoms with van der Waals surface area (Å²) in [6.07, 6.45) is 0. The largest absolute Gasteiger partial charge is 0.351 e. The molecule has 0 saturated heterocycles. The molecule has 0 fully saturated rings. The van der Waals surface area contributed by atoms with Crippen LogP contribution in [0, 0.1) is 17.2 Å². The summed E-state index contributed by atoms with van der Waals surface area (Å²) in [6.45, 7) is 4.38. The van der Waals surface area contributed by atoms with Crippen LogP contribution < -0.4 is 10.6 Å². The van der Waals surface area contributed by atoms with E-state index in [1.54, 1.807) is 48.5 Å². The van der Waals surface area contributed by atoms with Crippen LogP contribution in [0.2, 0.25) is 5.02 Å². The predicted molar refractivity (Wildman–Crippen MR) is 112 cm³/mol. The number of fused-ring (bicyclic) bond motifs is 1. The molecule has 0 aliphatic carbocycles. The van der Waals surface area contributed by atoms with Gasteiger partial charge in [-0.05, 0) is 30.2 Å². The highest BCUT2D eigenvalue weighted by Gasteiger charge is 2.27. The third-order valence-electron chi connectivity index (χ3n) is 4.25. The number of hydrogen-bond donors (Lipinski definition) is 2. The van der Waals surface area contributed by atoms with Gasteiger partial charge in [0.1, 0.15) is 17.5 Å². The maximum Gasteiger partial charge on any atom is 0.264 e. The fourth-order valence-electron chi connectivity index (χ4n) is 2.79. The number of hydrogen-bond acceptors (Lipinski definition) is 4. The maximum absolute atomic E-state index is 12.6. The number of amides is 2. The van der Waals surface area contributed by atoms with Gasteiger partial charge >= 0.3 is 0 Å². The van der Waals surface area contributed by atoms with Gasteiger partial charge in [0.05, 0.1) is 5.70 Å². The Morgan fingerprint density at radius 1 is 1.10 bits per heavy atom. The number of carbonyl (C=O) groups excluding carboxylic acids is 2. The normalized spacial score (nSPS) is 14.0. The van der Waals surface area contributed by atoms with E-state index >= 15 is 0 Å². The molecule has 0 radical (unpaired) electrons. The number of halogens is 1. The monoisotopic (exact) mass is 406 g/mol. The van der Waals surface area contributed by atoms with Crippen LogP contribution in [0.1, 0.15) is 35.3 Å². The highest BCUT2D eigenvalue weighted by Crippen LogP contribution is 2.30. The molecule has 1 heterocycles. The lowest BCUT2D eigenvalue weighted by molar-refractivity contribution is -0.117. The second-order valence-corrected chi connectivity index (χ2v) is 7.34. The highest BCUT2D eigenvalue weighted by atomic mass is 35.5. The van der Waals surface area contributed by atoms with Crippen LogP contribution in [0.5, 0.6) is 0 Å². The van der Waals surface area contributed by atoms with Gasteiger partial charge in [0.15, 0.2) is 0 Å². The van der Waals surface area contributed by atoms with E-state index in [0.29, 0.717) is 34.1 Å². The van der Waals surface area contributed by atoms with E-state index in [2.05, 4.69) is 15.6 Å². The molecule has 0 unspecified atom stereocenters. The molecule has 1 aliphatic rings. The first kappa shape index (κ1) is 20.3. The predicted octanol–water partition coefficient (Wildman–Crippen LogP) is 3.54. The molecular weight excluding hydrogens is 388 g/mol. The van der Waals surface area contributed by atoms with Crippen molar-refractivity contribution in [2.45, 2.75) is 13.8 Å². The first-order valence-corrected chi connectivity index (χ1v) is 9.46. The van der Waals surface area contributed by atoms with E-state index in [9.17, 15) is 14.9 Å². The van der Waals surface area contributed by atoms with Crippen molar-refractivity contribution in [3.05, 3.63) is 75.8 Å². The molecule has 2 aromatic rings. The molecule has 0 spiro atoms. The lowest BCUT2D eigenvalue weighted by atomic mass is 10.0. The number of aliphatic imine (C=N–C) groups is 1. The number of carbonyl (C=O) groups is 2. The number of rotatable bonds is 4. The highest BCUT2D eigenvalue weighted by molar-refractivity contribution is 6.30. The Balaban J connectivity index is 1.96. The summed E-state index contributed by atoms with van der Waals surface area (Å²) >= 11 is 5.87. The van der Waals surface area contributed by atoms with Crippen LogP contribution in [0.15, 0.2) is 59.1 Å². The van der Waals surface area contributed by atoms with Crippen molar-refractivity contribution in [3.8, 4) is 6.07 Å². The molecule has 0 aromatic heterocycles. The molecule has 0 bridgehead atoms. The zero-order valence-corrected chi connectivity index (χ0v) is 16.7. The second-order valence-electron chi connectivity index (χ2n) is 6.91. The SMILES string of the molecule is CC(C)CNC(=O)/C(C#N)=C1\N=C(NC(=O)c2ccc(Cl)cc2)c2ccccc21. The molecule has 2 amide bonds. The molecule has 2 aromatic carbocycles. The Morgan fingerprint density at radius 3 is 2.38 bits per heavy atom. The van der Waals surface area contributed by atoms with Crippen molar-refractivity contribution in [3.63, 3.8) is 0 Å². The zero-order valence-electron chi connectivity index (χ0n) is 16.0. The Kier molecular flexibility index (Phi) is 6.10. The molecule has 146 valence electrons. The van der Waals surface area contributed by atoms with E-state index in [4.69, 9.17) is 11.6 Å². The average molecular weight is 407 g/mol. The van der Waals surface area contributed by atoms with Gasteiger partial charge in [0.2, 0.25) is 0 Å². The van der Waals surface area contributed by atoms with E-state index in [1.807, 2.05) is 19.9 Å². The Hall–Kier alpha value is -3.43. The fourth-order valence-corrected chi connectivity index (χ4v) is 2.92. The number of amidine groups is 1. The third kappa shape index (κ3) is 4.53. The topological polar surface area (TPSA) is 94.3 Å². The van der Waals surface area contributed by atoms with Crippen molar-refractivity contribution >= 4 is 34.9 Å². The van der Waals surface area contributed by atoms with Crippen molar-refractivity contribution in [1.29, 1.82) is 5.26 Å². The van der Waals surface area contributed by atoms with Crippen LogP contribution in [0.25, 0.3) is 5.70 Å². The van der Waals surface area contributed by atoms with Gasteiger partial charge in [0.25, 0.3) is 11.8 Å². The molecule has 1 aliphatic heterocycles. The summed E-state index contributed by atoms with van der Waals surface area (Å²) < 4.78 is 0. The lowest BCUT2D eigenvalue weighted by Crippen LogP contribution is -2.30. The van der Waals surface area contributed by atoms with E-state index in [1.165, 1.54) is 0 Å². The molecule has 7 heteroatoms. The Morgan fingerprint density at radius 2 is 1.76 bits per heavy atom. The fraction of sp³-hybridized carbons (Fsp3) is 0.182. The molecule has 6 nitrogen and oxygen atoms in total. The van der Waals surface area contributed by atoms with Crippen LogP contribution in [-0.2, 0) is 4.79 Å². The second kappa shape index (κ2) is 8.72. The number of benzene rings is 2. The maximum atomic E-state index is 12.6. The minimum Gasteiger partial charge on any atom is -0.351 e. The van der Waals surface area contributed by atoms with Gasteiger partial charge in [-0.25, -0.2) is 4.99 Å². The summed E-state index contributed by atoms with van der Waals surface area (Å²) in [5.74, 6) is -0.309. The Bertz CT molecular complexity index is 1060. The molecular formula is C22H19ClN4O2. The quantitative estimate of drug-likeness (QED) is 0.600. The smallest absolute Gasteiger partial charge is 0.264 e. The average Bonchev–Trinajstić information content (AvgIpc) is 3.06. The van der Waals surface area contributed by atoms with Crippen molar-refractivity contribution in [2.24, 2.45) is 10.9 Å². The molecule has 3 rings (SSSR count). The minimum atomic E-state index is -0.486. The first-order valence-electron chi connectivity index (χ1n) is 9.08. The number of nitrogens with zero attached hydrogens (tertiary/aromatic N) is 2. The van der Waals surface area contributed by atoms with Crippen molar-refractivity contribution in [1.82, 2.24) is 10.6 Å². The summed E-state index contributed by atoms with van der Waals surface area (Å²) in [5, 5.41) is 15.6. The van der Waals surface area contributed by atoms with Gasteiger partial charge in [0, 0.05) is 28.3 Å². The van der Waals surface area contributed by atoms with Crippen molar-refractivity contribution < 1.29 is 9.59 Å². The summed E-state index contributed by atoms with van der Waals surface area (Å²) in [4.78, 5) is 29.5. The van der Waals surface area contributed by atoms with E-state index in [0.717, 1.165) is 0 Å². The van der Waals surface area contributed by atoms with Gasteiger partial charge < -0.3 is 10.6 Å². The zero-order chi connectivity index (χ0) is 21.0. The number of nitriles is 1. The summed E-state index contributed by atoms with van der Waals surface area (Å²) in [7, 11) is 0. The van der Waals surface area contributed by atoms with Crippen LogP contribution in [-0.4, -0.2) is 24.2 Å².